The van der Waals surface area contributed by atoms with E-state index in [-0.39, 0.29) is 12.1 Å². The molecule has 2 fully saturated rings. The summed E-state index contributed by atoms with van der Waals surface area (Å²) < 4.78 is 0. The van der Waals surface area contributed by atoms with E-state index in [2.05, 4.69) is 34.3 Å². The fraction of sp³-hybridized carbons (Fsp3) is 0.923. The SMILES string of the molecule is CC1CC(C(=O)C2CC(C)NCN2C)N(C)CN1. The van der Waals surface area contributed by atoms with Crippen LogP contribution in [0.3, 0.4) is 0 Å². The Morgan fingerprint density at radius 2 is 1.33 bits per heavy atom. The molecular weight excluding hydrogens is 228 g/mol. The van der Waals surface area contributed by atoms with E-state index in [0.717, 1.165) is 26.2 Å². The van der Waals surface area contributed by atoms with Crippen LogP contribution in [0.2, 0.25) is 0 Å². The van der Waals surface area contributed by atoms with Gasteiger partial charge in [0.25, 0.3) is 0 Å². The number of ketones is 1. The Kier molecular flexibility index (Phi) is 4.37. The number of carbonyl (C=O) groups is 1. The van der Waals surface area contributed by atoms with Crippen LogP contribution in [0.5, 0.6) is 0 Å². The van der Waals surface area contributed by atoms with Crippen molar-refractivity contribution in [2.24, 2.45) is 0 Å². The van der Waals surface area contributed by atoms with Gasteiger partial charge in [-0.15, -0.1) is 0 Å². The molecule has 4 atom stereocenters. The molecule has 104 valence electrons. The molecule has 2 saturated heterocycles. The molecular formula is C13H26N4O. The van der Waals surface area contributed by atoms with Crippen molar-refractivity contribution in [3.63, 3.8) is 0 Å². The molecule has 2 N–H and O–H groups in total. The maximum atomic E-state index is 12.7. The Bertz CT molecular complexity index is 281. The van der Waals surface area contributed by atoms with Gasteiger partial charge in [-0.2, -0.15) is 0 Å². The lowest BCUT2D eigenvalue weighted by Gasteiger charge is -2.41. The van der Waals surface area contributed by atoms with Gasteiger partial charge in [-0.1, -0.05) is 0 Å². The van der Waals surface area contributed by atoms with Crippen molar-refractivity contribution in [3.8, 4) is 0 Å². The Morgan fingerprint density at radius 1 is 0.944 bits per heavy atom. The molecule has 18 heavy (non-hydrogen) atoms. The number of hydrogen-bond acceptors (Lipinski definition) is 5. The third-order valence-electron chi connectivity index (χ3n) is 4.25. The van der Waals surface area contributed by atoms with E-state index in [4.69, 9.17) is 0 Å². The van der Waals surface area contributed by atoms with E-state index < -0.39 is 0 Å². The van der Waals surface area contributed by atoms with E-state index in [1.54, 1.807) is 0 Å². The predicted molar refractivity (Wildman–Crippen MR) is 72.3 cm³/mol. The molecule has 2 rings (SSSR count). The molecule has 2 heterocycles. The average Bonchev–Trinajstić information content (AvgIpc) is 2.34. The van der Waals surface area contributed by atoms with Crippen LogP contribution in [0.1, 0.15) is 26.7 Å². The third kappa shape index (κ3) is 2.91. The van der Waals surface area contributed by atoms with Crippen molar-refractivity contribution >= 4 is 5.78 Å². The van der Waals surface area contributed by atoms with Crippen molar-refractivity contribution in [1.29, 1.82) is 0 Å². The van der Waals surface area contributed by atoms with Crippen LogP contribution in [0.4, 0.5) is 0 Å². The largest absolute Gasteiger partial charge is 0.302 e. The normalized spacial score (nSPS) is 39.8. The highest BCUT2D eigenvalue weighted by Crippen LogP contribution is 2.19. The van der Waals surface area contributed by atoms with E-state index in [9.17, 15) is 4.79 Å². The first-order chi connectivity index (χ1) is 8.49. The number of carbonyl (C=O) groups excluding carboxylic acids is 1. The van der Waals surface area contributed by atoms with E-state index >= 15 is 0 Å². The fourth-order valence-electron chi connectivity index (χ4n) is 2.91. The molecule has 5 heteroatoms. The van der Waals surface area contributed by atoms with Crippen LogP contribution in [0.15, 0.2) is 0 Å². The molecule has 0 saturated carbocycles. The van der Waals surface area contributed by atoms with Crippen LogP contribution in [0, 0.1) is 0 Å². The maximum absolute atomic E-state index is 12.7. The molecule has 0 radical (unpaired) electrons. The lowest BCUT2D eigenvalue weighted by molar-refractivity contribution is -0.132. The van der Waals surface area contributed by atoms with Crippen molar-refractivity contribution in [1.82, 2.24) is 20.4 Å². The number of Topliss-reactive ketones (excluding diaryl/α,β-unsaturated/α-hetero) is 1. The van der Waals surface area contributed by atoms with Gasteiger partial charge < -0.3 is 10.6 Å². The predicted octanol–water partition coefficient (Wildman–Crippen LogP) is -0.165. The molecule has 2 aliphatic heterocycles. The molecule has 0 amide bonds. The fourth-order valence-corrected chi connectivity index (χ4v) is 2.91. The molecule has 0 aromatic rings. The van der Waals surface area contributed by atoms with Crippen LogP contribution < -0.4 is 10.6 Å². The molecule has 4 unspecified atom stereocenters. The molecule has 0 spiro atoms. The summed E-state index contributed by atoms with van der Waals surface area (Å²) in [7, 11) is 4.07. The zero-order valence-corrected chi connectivity index (χ0v) is 11.9. The molecule has 0 aromatic heterocycles. The first-order valence-electron chi connectivity index (χ1n) is 6.90. The second-order valence-electron chi connectivity index (χ2n) is 5.95. The van der Waals surface area contributed by atoms with E-state index in [0.29, 0.717) is 17.9 Å². The van der Waals surface area contributed by atoms with Gasteiger partial charge in [-0.05, 0) is 40.8 Å². The van der Waals surface area contributed by atoms with Gasteiger partial charge in [0, 0.05) is 25.4 Å². The second kappa shape index (κ2) is 5.65. The smallest absolute Gasteiger partial charge is 0.167 e. The van der Waals surface area contributed by atoms with E-state index in [1.807, 2.05) is 14.1 Å². The monoisotopic (exact) mass is 254 g/mol. The van der Waals surface area contributed by atoms with Crippen molar-refractivity contribution < 1.29 is 4.79 Å². The van der Waals surface area contributed by atoms with Crippen molar-refractivity contribution in [2.45, 2.75) is 50.9 Å². The number of hydrogen-bond donors (Lipinski definition) is 2. The summed E-state index contributed by atoms with van der Waals surface area (Å²) >= 11 is 0. The highest BCUT2D eigenvalue weighted by atomic mass is 16.1. The molecule has 2 aliphatic rings. The summed E-state index contributed by atoms with van der Waals surface area (Å²) in [4.78, 5) is 17.0. The van der Waals surface area contributed by atoms with Gasteiger partial charge >= 0.3 is 0 Å². The Morgan fingerprint density at radius 3 is 1.72 bits per heavy atom. The van der Waals surface area contributed by atoms with Crippen LogP contribution in [-0.4, -0.2) is 67.2 Å². The van der Waals surface area contributed by atoms with Crippen molar-refractivity contribution in [3.05, 3.63) is 0 Å². The third-order valence-corrected chi connectivity index (χ3v) is 4.25. The quantitative estimate of drug-likeness (QED) is 0.717. The topological polar surface area (TPSA) is 47.6 Å². The summed E-state index contributed by atoms with van der Waals surface area (Å²) in [5.74, 6) is 0.390. The summed E-state index contributed by atoms with van der Waals surface area (Å²) in [5.41, 5.74) is 0. The minimum absolute atomic E-state index is 0.0685. The van der Waals surface area contributed by atoms with Gasteiger partial charge in [-0.25, -0.2) is 0 Å². The maximum Gasteiger partial charge on any atom is 0.167 e. The van der Waals surface area contributed by atoms with Gasteiger partial charge in [0.1, 0.15) is 0 Å². The van der Waals surface area contributed by atoms with Gasteiger partial charge in [0.15, 0.2) is 5.78 Å². The number of nitrogens with zero attached hydrogens (tertiary/aromatic N) is 2. The summed E-state index contributed by atoms with van der Waals surface area (Å²) in [6.07, 6.45) is 1.84. The van der Waals surface area contributed by atoms with Crippen LogP contribution in [-0.2, 0) is 4.79 Å². The van der Waals surface area contributed by atoms with Crippen LogP contribution >= 0.6 is 0 Å². The number of likely N-dealkylation sites (N-methyl/N-ethyl adjacent to an activating group) is 2. The Labute approximate surface area is 110 Å². The average molecular weight is 254 g/mol. The van der Waals surface area contributed by atoms with Gasteiger partial charge in [0.05, 0.1) is 12.1 Å². The zero-order valence-electron chi connectivity index (χ0n) is 11.9. The first kappa shape index (κ1) is 13.9. The zero-order chi connectivity index (χ0) is 13.3. The lowest BCUT2D eigenvalue weighted by Crippen LogP contribution is -2.61. The lowest BCUT2D eigenvalue weighted by atomic mass is 9.91. The highest BCUT2D eigenvalue weighted by molar-refractivity contribution is 5.89. The standard InChI is InChI=1S/C13H26N4O/c1-9-5-11(16(3)7-14-9)13(18)12-6-10(2)15-8-17(12)4/h9-12,14-15H,5-8H2,1-4H3. The summed E-state index contributed by atoms with van der Waals surface area (Å²) in [6, 6.07) is 0.997. The summed E-state index contributed by atoms with van der Waals surface area (Å²) in [5, 5.41) is 6.77. The number of nitrogens with one attached hydrogen (secondary N) is 2. The minimum atomic E-state index is 0.0685. The molecule has 0 aliphatic carbocycles. The van der Waals surface area contributed by atoms with Crippen molar-refractivity contribution in [2.75, 3.05) is 27.4 Å². The van der Waals surface area contributed by atoms with E-state index in [1.165, 1.54) is 0 Å². The molecule has 5 nitrogen and oxygen atoms in total. The molecule has 0 bridgehead atoms. The van der Waals surface area contributed by atoms with Gasteiger partial charge in [0.2, 0.25) is 0 Å². The Balaban J connectivity index is 2.04. The minimum Gasteiger partial charge on any atom is -0.302 e. The molecule has 0 aromatic carbocycles. The Hall–Kier alpha value is -0.490. The second-order valence-corrected chi connectivity index (χ2v) is 5.95. The van der Waals surface area contributed by atoms with Gasteiger partial charge in [-0.3, -0.25) is 14.6 Å². The first-order valence-corrected chi connectivity index (χ1v) is 6.90. The highest BCUT2D eigenvalue weighted by Gasteiger charge is 2.37. The number of rotatable bonds is 2. The summed E-state index contributed by atoms with van der Waals surface area (Å²) in [6.45, 7) is 5.92. The van der Waals surface area contributed by atoms with Crippen LogP contribution in [0.25, 0.3) is 0 Å².